The molecule has 25 heavy (non-hydrogen) atoms. The van der Waals surface area contributed by atoms with Crippen LogP contribution in [0, 0.1) is 12.8 Å². The minimum atomic E-state index is -0.319. The van der Waals surface area contributed by atoms with E-state index in [-0.39, 0.29) is 17.9 Å². The summed E-state index contributed by atoms with van der Waals surface area (Å²) in [5.41, 5.74) is 1.07. The van der Waals surface area contributed by atoms with Gasteiger partial charge in [0.25, 0.3) is 0 Å². The van der Waals surface area contributed by atoms with Gasteiger partial charge in [-0.1, -0.05) is 19.9 Å². The van der Waals surface area contributed by atoms with Crippen molar-refractivity contribution in [2.24, 2.45) is 5.92 Å². The third-order valence-electron chi connectivity index (χ3n) is 4.24. The lowest BCUT2D eigenvalue weighted by Crippen LogP contribution is -2.49. The van der Waals surface area contributed by atoms with E-state index in [1.54, 1.807) is 10.9 Å². The normalized spacial score (nSPS) is 16.1. The van der Waals surface area contributed by atoms with Crippen molar-refractivity contribution >= 4 is 11.7 Å². The summed E-state index contributed by atoms with van der Waals surface area (Å²) < 4.78 is 7.07. The van der Waals surface area contributed by atoms with Gasteiger partial charge in [0.15, 0.2) is 5.82 Å². The van der Waals surface area contributed by atoms with Crippen LogP contribution in [-0.2, 0) is 9.53 Å². The van der Waals surface area contributed by atoms with Crippen LogP contribution in [0.4, 0.5) is 5.82 Å². The van der Waals surface area contributed by atoms with E-state index in [1.807, 2.05) is 50.1 Å². The van der Waals surface area contributed by atoms with Crippen molar-refractivity contribution in [2.75, 3.05) is 31.6 Å². The van der Waals surface area contributed by atoms with Crippen LogP contribution >= 0.6 is 0 Å². The molecule has 1 amide bonds. The summed E-state index contributed by atoms with van der Waals surface area (Å²) in [5.74, 6) is 1.64. The average molecular weight is 343 g/mol. The van der Waals surface area contributed by atoms with Crippen molar-refractivity contribution in [3.63, 3.8) is 0 Å². The van der Waals surface area contributed by atoms with Crippen LogP contribution in [0.5, 0.6) is 0 Å². The number of nitrogens with zero attached hydrogens (tertiary/aromatic N) is 4. The second-order valence-electron chi connectivity index (χ2n) is 6.65. The van der Waals surface area contributed by atoms with E-state index in [0.717, 1.165) is 11.4 Å². The smallest absolute Gasteiger partial charge is 0.245 e. The Hall–Kier alpha value is -2.41. The Balaban J connectivity index is 1.77. The third-order valence-corrected chi connectivity index (χ3v) is 4.24. The Bertz CT molecular complexity index is 722. The molecule has 2 aromatic heterocycles. The maximum Gasteiger partial charge on any atom is 0.245 e. The number of rotatable bonds is 5. The number of aromatic nitrogens is 3. The Kier molecular flexibility index (Phi) is 5.33. The minimum Gasteiger partial charge on any atom is -0.378 e. The largest absolute Gasteiger partial charge is 0.378 e. The Morgan fingerprint density at radius 1 is 1.28 bits per heavy atom. The number of carbonyl (C=O) groups excluding carboxylic acids is 1. The van der Waals surface area contributed by atoms with Gasteiger partial charge in [0.2, 0.25) is 5.91 Å². The molecule has 1 fully saturated rings. The summed E-state index contributed by atoms with van der Waals surface area (Å²) in [6.07, 6.45) is 3.71. The fourth-order valence-corrected chi connectivity index (χ4v) is 2.82. The van der Waals surface area contributed by atoms with E-state index in [0.29, 0.717) is 32.1 Å². The topological polar surface area (TPSA) is 72.3 Å². The van der Waals surface area contributed by atoms with E-state index >= 15 is 0 Å². The number of hydrogen-bond acceptors (Lipinski definition) is 5. The Labute approximate surface area is 148 Å². The summed E-state index contributed by atoms with van der Waals surface area (Å²) in [6, 6.07) is 5.37. The molecule has 134 valence electrons. The van der Waals surface area contributed by atoms with Crippen molar-refractivity contribution in [3.05, 3.63) is 36.2 Å². The second-order valence-corrected chi connectivity index (χ2v) is 6.65. The molecule has 0 bridgehead atoms. The van der Waals surface area contributed by atoms with Gasteiger partial charge in [-0.15, -0.1) is 0 Å². The number of amides is 1. The molecular formula is C18H25N5O2. The molecular weight excluding hydrogens is 318 g/mol. The number of pyridine rings is 1. The SMILES string of the molecule is Cc1cnn(-c2cccc(N[C@@H](C(=O)N3CCOCC3)C(C)C)n2)c1. The lowest BCUT2D eigenvalue weighted by molar-refractivity contribution is -0.137. The molecule has 3 heterocycles. The predicted molar refractivity (Wildman–Crippen MR) is 95.7 cm³/mol. The second kappa shape index (κ2) is 7.65. The fraction of sp³-hybridized carbons (Fsp3) is 0.500. The van der Waals surface area contributed by atoms with Gasteiger partial charge in [0, 0.05) is 19.3 Å². The maximum absolute atomic E-state index is 12.9. The van der Waals surface area contributed by atoms with Crippen LogP contribution in [0.15, 0.2) is 30.6 Å². The van der Waals surface area contributed by atoms with Gasteiger partial charge in [0.05, 0.1) is 19.4 Å². The molecule has 1 aliphatic rings. The highest BCUT2D eigenvalue weighted by atomic mass is 16.5. The van der Waals surface area contributed by atoms with Gasteiger partial charge in [-0.2, -0.15) is 5.10 Å². The number of ether oxygens (including phenoxy) is 1. The van der Waals surface area contributed by atoms with E-state index in [9.17, 15) is 4.79 Å². The van der Waals surface area contributed by atoms with Crippen LogP contribution in [-0.4, -0.2) is 57.9 Å². The van der Waals surface area contributed by atoms with Crippen LogP contribution in [0.25, 0.3) is 5.82 Å². The number of aryl methyl sites for hydroxylation is 1. The van der Waals surface area contributed by atoms with Gasteiger partial charge < -0.3 is 15.0 Å². The van der Waals surface area contributed by atoms with Crippen molar-refractivity contribution in [1.82, 2.24) is 19.7 Å². The van der Waals surface area contributed by atoms with Gasteiger partial charge in [-0.05, 0) is 30.5 Å². The van der Waals surface area contributed by atoms with Crippen molar-refractivity contribution in [3.8, 4) is 5.82 Å². The first kappa shape index (κ1) is 17.4. The minimum absolute atomic E-state index is 0.0976. The van der Waals surface area contributed by atoms with E-state index in [2.05, 4.69) is 15.4 Å². The lowest BCUT2D eigenvalue weighted by Gasteiger charge is -2.32. The number of anilines is 1. The summed E-state index contributed by atoms with van der Waals surface area (Å²) in [6.45, 7) is 8.55. The van der Waals surface area contributed by atoms with Crippen molar-refractivity contribution < 1.29 is 9.53 Å². The Morgan fingerprint density at radius 3 is 2.68 bits per heavy atom. The standard InChI is InChI=1S/C18H25N5O2/c1-13(2)17(18(24)22-7-9-25-10-8-22)21-15-5-4-6-16(20-15)23-12-14(3)11-19-23/h4-6,11-13,17H,7-10H2,1-3H3,(H,20,21)/t17-/m1/s1. The summed E-state index contributed by atoms with van der Waals surface area (Å²) in [4.78, 5) is 19.3. The van der Waals surface area contributed by atoms with E-state index in [4.69, 9.17) is 4.74 Å². The first-order valence-electron chi connectivity index (χ1n) is 8.66. The molecule has 0 spiro atoms. The molecule has 3 rings (SSSR count). The molecule has 1 N–H and O–H groups in total. The highest BCUT2D eigenvalue weighted by molar-refractivity contribution is 5.84. The maximum atomic E-state index is 12.9. The monoisotopic (exact) mass is 343 g/mol. The molecule has 0 unspecified atom stereocenters. The molecule has 7 heteroatoms. The third kappa shape index (κ3) is 4.17. The van der Waals surface area contributed by atoms with Gasteiger partial charge >= 0.3 is 0 Å². The number of hydrogen-bond donors (Lipinski definition) is 1. The summed E-state index contributed by atoms with van der Waals surface area (Å²) >= 11 is 0. The highest BCUT2D eigenvalue weighted by Crippen LogP contribution is 2.16. The molecule has 0 radical (unpaired) electrons. The zero-order chi connectivity index (χ0) is 17.8. The first-order chi connectivity index (χ1) is 12.0. The zero-order valence-corrected chi connectivity index (χ0v) is 15.0. The predicted octanol–water partition coefficient (Wildman–Crippen LogP) is 1.87. The molecule has 1 atom stereocenters. The number of morpholine rings is 1. The van der Waals surface area contributed by atoms with Crippen LogP contribution in [0.3, 0.4) is 0 Å². The van der Waals surface area contributed by atoms with Crippen molar-refractivity contribution in [2.45, 2.75) is 26.8 Å². The van der Waals surface area contributed by atoms with E-state index < -0.39 is 0 Å². The van der Waals surface area contributed by atoms with Gasteiger partial charge in [-0.25, -0.2) is 9.67 Å². The molecule has 0 aliphatic carbocycles. The van der Waals surface area contributed by atoms with Gasteiger partial charge in [0.1, 0.15) is 11.9 Å². The lowest BCUT2D eigenvalue weighted by atomic mass is 10.0. The van der Waals surface area contributed by atoms with Crippen LogP contribution in [0.2, 0.25) is 0 Å². The molecule has 0 saturated carbocycles. The summed E-state index contributed by atoms with van der Waals surface area (Å²) in [5, 5.41) is 7.60. The quantitative estimate of drug-likeness (QED) is 0.897. The molecule has 1 aliphatic heterocycles. The van der Waals surface area contributed by atoms with Crippen molar-refractivity contribution in [1.29, 1.82) is 0 Å². The molecule has 7 nitrogen and oxygen atoms in total. The molecule has 0 aromatic carbocycles. The fourth-order valence-electron chi connectivity index (χ4n) is 2.82. The summed E-state index contributed by atoms with van der Waals surface area (Å²) in [7, 11) is 0. The van der Waals surface area contributed by atoms with E-state index in [1.165, 1.54) is 0 Å². The molecule has 2 aromatic rings. The number of carbonyl (C=O) groups is 1. The first-order valence-corrected chi connectivity index (χ1v) is 8.66. The number of nitrogens with one attached hydrogen (secondary N) is 1. The average Bonchev–Trinajstić information content (AvgIpc) is 3.06. The van der Waals surface area contributed by atoms with Gasteiger partial charge in [-0.3, -0.25) is 4.79 Å². The van der Waals surface area contributed by atoms with Crippen LogP contribution in [0.1, 0.15) is 19.4 Å². The van der Waals surface area contributed by atoms with Crippen LogP contribution < -0.4 is 5.32 Å². The molecule has 1 saturated heterocycles. The zero-order valence-electron chi connectivity index (χ0n) is 15.0. The Morgan fingerprint density at radius 2 is 2.04 bits per heavy atom. The highest BCUT2D eigenvalue weighted by Gasteiger charge is 2.28.